The first-order valence-electron chi connectivity index (χ1n) is 9.67. The highest BCUT2D eigenvalue weighted by molar-refractivity contribution is 6.02. The Morgan fingerprint density at radius 1 is 1.26 bits per heavy atom. The Morgan fingerprint density at radius 2 is 2.04 bits per heavy atom. The molecule has 0 radical (unpaired) electrons. The summed E-state index contributed by atoms with van der Waals surface area (Å²) in [5.41, 5.74) is 1.93. The lowest BCUT2D eigenvalue weighted by molar-refractivity contribution is -0.136. The van der Waals surface area contributed by atoms with Crippen LogP contribution in [0.2, 0.25) is 0 Å². The number of hydrogen-bond donors (Lipinski definition) is 3. The van der Waals surface area contributed by atoms with E-state index < -0.39 is 5.97 Å². The van der Waals surface area contributed by atoms with Crippen LogP contribution in [-0.4, -0.2) is 54.0 Å². The summed E-state index contributed by atoms with van der Waals surface area (Å²) < 4.78 is 0. The zero-order valence-corrected chi connectivity index (χ0v) is 15.5. The monoisotopic (exact) mass is 373 g/mol. The number of carbonyl (C=O) groups is 3. The van der Waals surface area contributed by atoms with Gasteiger partial charge >= 0.3 is 5.97 Å². The highest BCUT2D eigenvalue weighted by Crippen LogP contribution is 2.25. The molecular formula is C20H27N3O4. The van der Waals surface area contributed by atoms with Gasteiger partial charge in [-0.25, -0.2) is 0 Å². The molecule has 0 aromatic heterocycles. The number of hydrogen-bond acceptors (Lipinski definition) is 4. The van der Waals surface area contributed by atoms with E-state index in [1.807, 2.05) is 11.0 Å². The molecule has 2 aliphatic heterocycles. The summed E-state index contributed by atoms with van der Waals surface area (Å²) in [4.78, 5) is 37.2. The van der Waals surface area contributed by atoms with Crippen molar-refractivity contribution in [1.82, 2.24) is 15.5 Å². The first kappa shape index (κ1) is 19.4. The second-order valence-electron chi connectivity index (χ2n) is 7.33. The van der Waals surface area contributed by atoms with Gasteiger partial charge in [-0.15, -0.1) is 0 Å². The molecule has 1 saturated heterocycles. The van der Waals surface area contributed by atoms with Crippen molar-refractivity contribution in [2.45, 2.75) is 38.6 Å². The van der Waals surface area contributed by atoms with Crippen LogP contribution in [-0.2, 0) is 11.3 Å². The van der Waals surface area contributed by atoms with Gasteiger partial charge in [-0.3, -0.25) is 14.4 Å². The quantitative estimate of drug-likeness (QED) is 0.643. The van der Waals surface area contributed by atoms with E-state index in [1.54, 1.807) is 12.1 Å². The van der Waals surface area contributed by atoms with Crippen molar-refractivity contribution in [1.29, 1.82) is 0 Å². The summed E-state index contributed by atoms with van der Waals surface area (Å²) in [5.74, 6) is -0.571. The van der Waals surface area contributed by atoms with Gasteiger partial charge in [0.25, 0.3) is 11.8 Å². The van der Waals surface area contributed by atoms with Crippen molar-refractivity contribution in [2.24, 2.45) is 5.92 Å². The summed E-state index contributed by atoms with van der Waals surface area (Å²) in [5, 5.41) is 14.6. The fourth-order valence-corrected chi connectivity index (χ4v) is 3.81. The summed E-state index contributed by atoms with van der Waals surface area (Å²) in [6.45, 7) is 3.60. The number of benzene rings is 1. The Bertz CT molecular complexity index is 713. The molecule has 1 aromatic carbocycles. The van der Waals surface area contributed by atoms with Gasteiger partial charge in [-0.2, -0.15) is 0 Å². The van der Waals surface area contributed by atoms with Crippen LogP contribution in [0, 0.1) is 5.92 Å². The Kier molecular flexibility index (Phi) is 6.45. The molecule has 0 unspecified atom stereocenters. The maximum absolute atomic E-state index is 12.7. The van der Waals surface area contributed by atoms with E-state index in [2.05, 4.69) is 10.6 Å². The highest BCUT2D eigenvalue weighted by Gasteiger charge is 2.28. The van der Waals surface area contributed by atoms with Crippen LogP contribution in [0.5, 0.6) is 0 Å². The normalized spacial score (nSPS) is 17.0. The number of nitrogens with one attached hydrogen (secondary N) is 2. The van der Waals surface area contributed by atoms with Crippen LogP contribution >= 0.6 is 0 Å². The largest absolute Gasteiger partial charge is 0.481 e. The van der Waals surface area contributed by atoms with E-state index in [0.29, 0.717) is 17.7 Å². The molecule has 0 aliphatic carbocycles. The maximum atomic E-state index is 12.7. The van der Waals surface area contributed by atoms with Gasteiger partial charge in [-0.1, -0.05) is 6.07 Å². The molecule has 146 valence electrons. The zero-order valence-electron chi connectivity index (χ0n) is 15.5. The van der Waals surface area contributed by atoms with E-state index in [4.69, 9.17) is 5.11 Å². The van der Waals surface area contributed by atoms with E-state index in [1.165, 1.54) is 12.8 Å². The Balaban J connectivity index is 1.52. The standard InChI is InChI=1S/C20H27N3O4/c24-18(25)7-10-22-19(26)15-3-4-16-13-23(20(27)17(16)12-15)11-1-2-14-5-8-21-9-6-14/h3-4,12,14,21H,1-2,5-11,13H2,(H,22,26)(H,24,25). The number of amides is 2. The highest BCUT2D eigenvalue weighted by atomic mass is 16.4. The van der Waals surface area contributed by atoms with Gasteiger partial charge in [-0.05, 0) is 62.4 Å². The fourth-order valence-electron chi connectivity index (χ4n) is 3.81. The number of rotatable bonds is 8. The van der Waals surface area contributed by atoms with Gasteiger partial charge in [0, 0.05) is 30.8 Å². The second kappa shape index (κ2) is 8.99. The molecule has 3 N–H and O–H groups in total. The molecule has 7 heteroatoms. The van der Waals surface area contributed by atoms with Gasteiger partial charge < -0.3 is 20.6 Å². The molecule has 2 amide bonds. The van der Waals surface area contributed by atoms with Gasteiger partial charge in [0.15, 0.2) is 0 Å². The van der Waals surface area contributed by atoms with Gasteiger partial charge in [0.1, 0.15) is 0 Å². The topological polar surface area (TPSA) is 98.7 Å². The summed E-state index contributed by atoms with van der Waals surface area (Å²) in [7, 11) is 0. The predicted octanol–water partition coefficient (Wildman–Crippen LogP) is 1.63. The number of nitrogens with zero attached hydrogens (tertiary/aromatic N) is 1. The van der Waals surface area contributed by atoms with Crippen molar-refractivity contribution in [3.63, 3.8) is 0 Å². The lowest BCUT2D eigenvalue weighted by atomic mass is 9.93. The molecule has 7 nitrogen and oxygen atoms in total. The van der Waals surface area contributed by atoms with Crippen LogP contribution in [0.3, 0.4) is 0 Å². The summed E-state index contributed by atoms with van der Waals surface area (Å²) in [6, 6.07) is 5.15. The molecule has 0 saturated carbocycles. The molecule has 2 heterocycles. The van der Waals surface area contributed by atoms with Crippen LogP contribution < -0.4 is 10.6 Å². The van der Waals surface area contributed by atoms with E-state index in [-0.39, 0.29) is 24.8 Å². The minimum atomic E-state index is -0.959. The SMILES string of the molecule is O=C(O)CCNC(=O)c1ccc2c(c1)C(=O)N(CCCC1CCNCC1)C2. The Morgan fingerprint density at radius 3 is 2.78 bits per heavy atom. The molecule has 1 aromatic rings. The van der Waals surface area contributed by atoms with Gasteiger partial charge in [0.2, 0.25) is 0 Å². The molecule has 27 heavy (non-hydrogen) atoms. The van der Waals surface area contributed by atoms with Crippen LogP contribution in [0.4, 0.5) is 0 Å². The maximum Gasteiger partial charge on any atom is 0.305 e. The van der Waals surface area contributed by atoms with Crippen molar-refractivity contribution >= 4 is 17.8 Å². The number of aliphatic carboxylic acids is 1. The Hall–Kier alpha value is -2.41. The van der Waals surface area contributed by atoms with Crippen LogP contribution in [0.15, 0.2) is 18.2 Å². The average molecular weight is 373 g/mol. The number of carbonyl (C=O) groups excluding carboxylic acids is 2. The number of carboxylic acids is 1. The van der Waals surface area contributed by atoms with E-state index >= 15 is 0 Å². The average Bonchev–Trinajstić information content (AvgIpc) is 2.97. The van der Waals surface area contributed by atoms with Gasteiger partial charge in [0.05, 0.1) is 6.42 Å². The van der Waals surface area contributed by atoms with Crippen molar-refractivity contribution in [2.75, 3.05) is 26.2 Å². The van der Waals surface area contributed by atoms with E-state index in [9.17, 15) is 14.4 Å². The molecule has 3 rings (SSSR count). The molecule has 0 spiro atoms. The molecule has 0 bridgehead atoms. The van der Waals surface area contributed by atoms with Crippen molar-refractivity contribution in [3.05, 3.63) is 34.9 Å². The lowest BCUT2D eigenvalue weighted by Gasteiger charge is -2.23. The second-order valence-corrected chi connectivity index (χ2v) is 7.33. The number of carboxylic acid groups (broad SMARTS) is 1. The lowest BCUT2D eigenvalue weighted by Crippen LogP contribution is -2.29. The molecule has 1 fully saturated rings. The third-order valence-corrected chi connectivity index (χ3v) is 5.37. The third kappa shape index (κ3) is 5.07. The zero-order chi connectivity index (χ0) is 19.2. The first-order chi connectivity index (χ1) is 13.0. The van der Waals surface area contributed by atoms with E-state index in [0.717, 1.165) is 44.0 Å². The van der Waals surface area contributed by atoms with Crippen LogP contribution in [0.1, 0.15) is 58.4 Å². The van der Waals surface area contributed by atoms with Crippen LogP contribution in [0.25, 0.3) is 0 Å². The fraction of sp³-hybridized carbons (Fsp3) is 0.550. The molecule has 2 aliphatic rings. The third-order valence-electron chi connectivity index (χ3n) is 5.37. The molecule has 0 atom stereocenters. The summed E-state index contributed by atoms with van der Waals surface area (Å²) >= 11 is 0. The number of piperidine rings is 1. The predicted molar refractivity (Wildman–Crippen MR) is 101 cm³/mol. The molecular weight excluding hydrogens is 346 g/mol. The van der Waals surface area contributed by atoms with Crippen molar-refractivity contribution < 1.29 is 19.5 Å². The van der Waals surface area contributed by atoms with Crippen molar-refractivity contribution in [3.8, 4) is 0 Å². The first-order valence-corrected chi connectivity index (χ1v) is 9.67. The summed E-state index contributed by atoms with van der Waals surface area (Å²) in [6.07, 6.45) is 4.47. The minimum absolute atomic E-state index is 0.0181. The number of fused-ring (bicyclic) bond motifs is 1. The minimum Gasteiger partial charge on any atom is -0.481 e. The smallest absolute Gasteiger partial charge is 0.305 e. The Labute approximate surface area is 159 Å².